The summed E-state index contributed by atoms with van der Waals surface area (Å²) in [6.45, 7) is 1.44. The van der Waals surface area contributed by atoms with E-state index in [0.29, 0.717) is 5.69 Å². The van der Waals surface area contributed by atoms with Crippen LogP contribution in [0, 0.1) is 0 Å². The van der Waals surface area contributed by atoms with Crippen LogP contribution in [0.3, 0.4) is 0 Å². The molecular formula is C9H13NO2. The number of amides is 1. The van der Waals surface area contributed by atoms with Crippen molar-refractivity contribution < 1.29 is 9.90 Å². The van der Waals surface area contributed by atoms with Crippen molar-refractivity contribution in [1.82, 2.24) is 0 Å². The average Bonchev–Trinajstić information content (AvgIpc) is 1.93. The molecule has 0 spiro atoms. The van der Waals surface area contributed by atoms with Gasteiger partial charge in [-0.2, -0.15) is 0 Å². The lowest BCUT2D eigenvalue weighted by molar-refractivity contribution is -0.114. The Morgan fingerprint density at radius 2 is 1.83 bits per heavy atom. The van der Waals surface area contributed by atoms with Crippen LogP contribution in [0.2, 0.25) is 0 Å². The van der Waals surface area contributed by atoms with Crippen molar-refractivity contribution >= 4 is 11.6 Å². The maximum atomic E-state index is 10.5. The first-order chi connectivity index (χ1) is 5.18. The van der Waals surface area contributed by atoms with Gasteiger partial charge < -0.3 is 10.4 Å². The lowest BCUT2D eigenvalue weighted by atomic mass is 10.3. The van der Waals surface area contributed by atoms with Crippen LogP contribution in [0.4, 0.5) is 5.69 Å². The Balaban J connectivity index is 0.00000121. The van der Waals surface area contributed by atoms with Gasteiger partial charge in [0, 0.05) is 12.6 Å². The highest BCUT2D eigenvalue weighted by atomic mass is 16.3. The van der Waals surface area contributed by atoms with Crippen molar-refractivity contribution in [2.45, 2.75) is 14.4 Å². The van der Waals surface area contributed by atoms with E-state index in [1.165, 1.54) is 19.1 Å². The number of aromatic hydroxyl groups is 1. The van der Waals surface area contributed by atoms with Crippen molar-refractivity contribution in [1.29, 1.82) is 0 Å². The molecule has 12 heavy (non-hydrogen) atoms. The van der Waals surface area contributed by atoms with Gasteiger partial charge in [0.1, 0.15) is 5.75 Å². The Labute approximate surface area is 72.0 Å². The largest absolute Gasteiger partial charge is 0.508 e. The fourth-order valence-corrected chi connectivity index (χ4v) is 0.748. The van der Waals surface area contributed by atoms with Gasteiger partial charge in [0.2, 0.25) is 5.91 Å². The Kier molecular flexibility index (Phi) is 3.83. The van der Waals surface area contributed by atoms with Gasteiger partial charge in [-0.25, -0.2) is 0 Å². The van der Waals surface area contributed by atoms with Crippen LogP contribution in [-0.4, -0.2) is 11.0 Å². The highest BCUT2D eigenvalue weighted by Gasteiger charge is 1.93. The highest BCUT2D eigenvalue weighted by Crippen LogP contribution is 2.13. The minimum atomic E-state index is -0.115. The topological polar surface area (TPSA) is 49.3 Å². The van der Waals surface area contributed by atoms with E-state index >= 15 is 0 Å². The first-order valence-electron chi connectivity index (χ1n) is 3.25. The summed E-state index contributed by atoms with van der Waals surface area (Å²) >= 11 is 0. The number of carbonyl (C=O) groups excluding carboxylic acids is 1. The van der Waals surface area contributed by atoms with Crippen LogP contribution in [0.25, 0.3) is 0 Å². The SMILES string of the molecule is C.CC(=O)Nc1ccc(O)cc1. The van der Waals surface area contributed by atoms with E-state index in [0.717, 1.165) is 0 Å². The highest BCUT2D eigenvalue weighted by molar-refractivity contribution is 5.88. The van der Waals surface area contributed by atoms with Gasteiger partial charge in [0.05, 0.1) is 0 Å². The second-order valence-electron chi connectivity index (χ2n) is 2.23. The van der Waals surface area contributed by atoms with Gasteiger partial charge in [0.15, 0.2) is 0 Å². The third-order valence-electron chi connectivity index (χ3n) is 1.19. The third kappa shape index (κ3) is 3.05. The molecule has 0 aromatic heterocycles. The van der Waals surface area contributed by atoms with E-state index in [1.807, 2.05) is 0 Å². The average molecular weight is 167 g/mol. The lowest BCUT2D eigenvalue weighted by Gasteiger charge is -1.99. The summed E-state index contributed by atoms with van der Waals surface area (Å²) < 4.78 is 0. The second kappa shape index (κ2) is 4.38. The van der Waals surface area contributed by atoms with Crippen LogP contribution in [0.5, 0.6) is 5.75 Å². The van der Waals surface area contributed by atoms with Gasteiger partial charge in [-0.3, -0.25) is 4.79 Å². The number of benzene rings is 1. The lowest BCUT2D eigenvalue weighted by Crippen LogP contribution is -2.04. The predicted octanol–water partition coefficient (Wildman–Crippen LogP) is 1.99. The Morgan fingerprint density at radius 1 is 1.33 bits per heavy atom. The molecule has 3 heteroatoms. The smallest absolute Gasteiger partial charge is 0.221 e. The Morgan fingerprint density at radius 3 is 2.25 bits per heavy atom. The summed E-state index contributed by atoms with van der Waals surface area (Å²) in [5, 5.41) is 11.5. The summed E-state index contributed by atoms with van der Waals surface area (Å²) in [6.07, 6.45) is 0. The molecule has 0 atom stereocenters. The Hall–Kier alpha value is -1.51. The first kappa shape index (κ1) is 10.5. The quantitative estimate of drug-likeness (QED) is 0.628. The van der Waals surface area contributed by atoms with Gasteiger partial charge in [0.25, 0.3) is 0 Å². The zero-order valence-corrected chi connectivity index (χ0v) is 6.16. The number of rotatable bonds is 1. The minimum absolute atomic E-state index is 0. The van der Waals surface area contributed by atoms with Crippen molar-refractivity contribution in [2.75, 3.05) is 5.32 Å². The molecule has 0 fully saturated rings. The van der Waals surface area contributed by atoms with E-state index in [4.69, 9.17) is 5.11 Å². The number of hydrogen-bond donors (Lipinski definition) is 2. The fourth-order valence-electron chi connectivity index (χ4n) is 0.748. The molecule has 0 radical (unpaired) electrons. The van der Waals surface area contributed by atoms with Crippen LogP contribution < -0.4 is 5.32 Å². The zero-order valence-electron chi connectivity index (χ0n) is 6.16. The number of phenols is 1. The van der Waals surface area contributed by atoms with Crippen LogP contribution in [-0.2, 0) is 4.79 Å². The normalized spacial score (nSPS) is 8.42. The summed E-state index contributed by atoms with van der Waals surface area (Å²) in [5.41, 5.74) is 0.690. The van der Waals surface area contributed by atoms with Crippen LogP contribution in [0.15, 0.2) is 24.3 Å². The molecule has 1 aromatic rings. The fraction of sp³-hybridized carbons (Fsp3) is 0.222. The zero-order chi connectivity index (χ0) is 8.27. The number of hydrogen-bond acceptors (Lipinski definition) is 2. The molecule has 0 aliphatic rings. The third-order valence-corrected chi connectivity index (χ3v) is 1.19. The molecule has 0 aliphatic carbocycles. The predicted molar refractivity (Wildman–Crippen MR) is 49.1 cm³/mol. The molecule has 0 unspecified atom stereocenters. The molecule has 1 aromatic carbocycles. The van der Waals surface area contributed by atoms with Gasteiger partial charge in [-0.15, -0.1) is 0 Å². The molecule has 1 rings (SSSR count). The van der Waals surface area contributed by atoms with E-state index in [9.17, 15) is 4.79 Å². The van der Waals surface area contributed by atoms with E-state index < -0.39 is 0 Å². The summed E-state index contributed by atoms with van der Waals surface area (Å²) in [5.74, 6) is 0.0785. The van der Waals surface area contributed by atoms with Crippen LogP contribution >= 0.6 is 0 Å². The standard InChI is InChI=1S/C8H9NO2.CH4/c1-6(10)9-7-2-4-8(11)5-3-7;/h2-5,11H,1H3,(H,9,10);1H4. The molecule has 2 N–H and O–H groups in total. The number of anilines is 1. The van der Waals surface area contributed by atoms with Gasteiger partial charge in [-0.1, -0.05) is 7.43 Å². The number of phenolic OH excluding ortho intramolecular Hbond substituents is 1. The molecule has 1 amide bonds. The molecule has 0 bridgehead atoms. The molecular weight excluding hydrogens is 154 g/mol. The summed E-state index contributed by atoms with van der Waals surface area (Å²) in [6, 6.07) is 6.31. The van der Waals surface area contributed by atoms with E-state index in [2.05, 4.69) is 5.32 Å². The van der Waals surface area contributed by atoms with Crippen molar-refractivity contribution in [3.63, 3.8) is 0 Å². The number of nitrogens with one attached hydrogen (secondary N) is 1. The van der Waals surface area contributed by atoms with E-state index in [-0.39, 0.29) is 19.1 Å². The van der Waals surface area contributed by atoms with Crippen molar-refractivity contribution in [3.8, 4) is 5.75 Å². The van der Waals surface area contributed by atoms with Gasteiger partial charge in [-0.05, 0) is 24.3 Å². The van der Waals surface area contributed by atoms with E-state index in [1.54, 1.807) is 12.1 Å². The molecule has 0 aliphatic heterocycles. The Bertz CT molecular complexity index is 254. The summed E-state index contributed by atoms with van der Waals surface area (Å²) in [4.78, 5) is 10.5. The van der Waals surface area contributed by atoms with Crippen LogP contribution in [0.1, 0.15) is 14.4 Å². The molecule has 0 saturated heterocycles. The van der Waals surface area contributed by atoms with Crippen molar-refractivity contribution in [3.05, 3.63) is 24.3 Å². The second-order valence-corrected chi connectivity index (χ2v) is 2.23. The maximum Gasteiger partial charge on any atom is 0.221 e. The maximum absolute atomic E-state index is 10.5. The minimum Gasteiger partial charge on any atom is -0.508 e. The molecule has 3 nitrogen and oxygen atoms in total. The summed E-state index contributed by atoms with van der Waals surface area (Å²) in [7, 11) is 0. The number of carbonyl (C=O) groups is 1. The molecule has 0 saturated carbocycles. The molecule has 0 heterocycles. The van der Waals surface area contributed by atoms with Crippen molar-refractivity contribution in [2.24, 2.45) is 0 Å². The first-order valence-corrected chi connectivity index (χ1v) is 3.25. The monoisotopic (exact) mass is 167 g/mol. The van der Waals surface area contributed by atoms with Gasteiger partial charge >= 0.3 is 0 Å². The molecule has 66 valence electrons.